The van der Waals surface area contributed by atoms with Crippen LogP contribution in [0.2, 0.25) is 0 Å². The lowest BCUT2D eigenvalue weighted by Crippen LogP contribution is -2.38. The number of rotatable bonds is 7. The summed E-state index contributed by atoms with van der Waals surface area (Å²) in [6.45, 7) is 8.25. The molecule has 0 aliphatic carbocycles. The number of aromatic nitrogens is 1. The molecule has 8 heteroatoms. The van der Waals surface area contributed by atoms with Gasteiger partial charge in [0.15, 0.2) is 5.96 Å². The van der Waals surface area contributed by atoms with Gasteiger partial charge in [-0.25, -0.2) is 9.98 Å². The molecular weight excluding hydrogens is 473 g/mol. The van der Waals surface area contributed by atoms with E-state index in [2.05, 4.69) is 32.9 Å². The van der Waals surface area contributed by atoms with Gasteiger partial charge in [-0.15, -0.1) is 35.3 Å². The molecule has 0 aliphatic rings. The predicted octanol–water partition coefficient (Wildman–Crippen LogP) is 3.04. The number of aliphatic imine (C=N–C) groups is 1. The Bertz CT molecular complexity index is 756. The first-order chi connectivity index (χ1) is 12.5. The summed E-state index contributed by atoms with van der Waals surface area (Å²) in [4.78, 5) is 22.1. The fraction of sp³-hybridized carbons (Fsp3) is 0.421. The summed E-state index contributed by atoms with van der Waals surface area (Å²) in [6.07, 6.45) is 0.810. The van der Waals surface area contributed by atoms with E-state index in [9.17, 15) is 4.79 Å². The highest BCUT2D eigenvalue weighted by Gasteiger charge is 2.05. The van der Waals surface area contributed by atoms with Crippen LogP contribution >= 0.6 is 35.3 Å². The molecule has 0 bridgehead atoms. The second-order valence-electron chi connectivity index (χ2n) is 5.90. The van der Waals surface area contributed by atoms with E-state index in [1.54, 1.807) is 18.4 Å². The number of carbonyl (C=O) groups is 1. The van der Waals surface area contributed by atoms with Crippen LogP contribution in [0.5, 0.6) is 0 Å². The Labute approximate surface area is 182 Å². The summed E-state index contributed by atoms with van der Waals surface area (Å²) in [5.41, 5.74) is 2.87. The molecule has 0 radical (unpaired) electrons. The van der Waals surface area contributed by atoms with E-state index in [1.165, 1.54) is 4.88 Å². The van der Waals surface area contributed by atoms with Crippen LogP contribution in [-0.4, -0.2) is 37.0 Å². The Morgan fingerprint density at radius 1 is 1.26 bits per heavy atom. The molecule has 1 aromatic carbocycles. The summed E-state index contributed by atoms with van der Waals surface area (Å²) in [5.74, 6) is 0.712. The molecule has 0 spiro atoms. The third-order valence-corrected chi connectivity index (χ3v) is 4.97. The van der Waals surface area contributed by atoms with Crippen LogP contribution in [0.25, 0.3) is 0 Å². The zero-order valence-corrected chi connectivity index (χ0v) is 19.4. The highest BCUT2D eigenvalue weighted by molar-refractivity contribution is 14.0. The summed E-state index contributed by atoms with van der Waals surface area (Å²) in [7, 11) is 1.64. The van der Waals surface area contributed by atoms with Crippen LogP contribution in [0.4, 0.5) is 0 Å². The van der Waals surface area contributed by atoms with Gasteiger partial charge in [0.25, 0.3) is 5.91 Å². The van der Waals surface area contributed by atoms with Crippen molar-refractivity contribution in [3.63, 3.8) is 0 Å². The molecule has 3 N–H and O–H groups in total. The van der Waals surface area contributed by atoms with Gasteiger partial charge in [0.1, 0.15) is 5.01 Å². The molecule has 0 atom stereocenters. The average molecular weight is 501 g/mol. The lowest BCUT2D eigenvalue weighted by atomic mass is 10.1. The molecule has 27 heavy (non-hydrogen) atoms. The Morgan fingerprint density at radius 2 is 2.04 bits per heavy atom. The molecule has 2 rings (SSSR count). The first kappa shape index (κ1) is 23.4. The van der Waals surface area contributed by atoms with Gasteiger partial charge in [0.2, 0.25) is 0 Å². The lowest BCUT2D eigenvalue weighted by molar-refractivity contribution is 0.0963. The maximum Gasteiger partial charge on any atom is 0.251 e. The van der Waals surface area contributed by atoms with E-state index in [0.717, 1.165) is 41.7 Å². The van der Waals surface area contributed by atoms with E-state index in [4.69, 9.17) is 0 Å². The minimum absolute atomic E-state index is 0. The Morgan fingerprint density at radius 3 is 2.67 bits per heavy atom. The Kier molecular flexibility index (Phi) is 10.3. The normalized spacial score (nSPS) is 10.9. The third kappa shape index (κ3) is 7.45. The topological polar surface area (TPSA) is 78.4 Å². The van der Waals surface area contributed by atoms with Gasteiger partial charge in [-0.2, -0.15) is 0 Å². The summed E-state index contributed by atoms with van der Waals surface area (Å²) >= 11 is 1.69. The molecule has 1 amide bonds. The average Bonchev–Trinajstić information content (AvgIpc) is 2.97. The minimum Gasteiger partial charge on any atom is -0.357 e. The molecule has 148 valence electrons. The number of benzene rings is 1. The number of amides is 1. The molecule has 0 saturated carbocycles. The van der Waals surface area contributed by atoms with E-state index in [1.807, 2.05) is 38.1 Å². The van der Waals surface area contributed by atoms with E-state index in [-0.39, 0.29) is 29.9 Å². The quantitative estimate of drug-likeness (QED) is 0.310. The SMILES string of the molecule is CCNC(=NCc1nc(C)c(C)s1)NCCc1cccc(C(=O)NC)c1.I. The second kappa shape index (κ2) is 11.9. The van der Waals surface area contributed by atoms with E-state index >= 15 is 0 Å². The Hall–Kier alpha value is -1.68. The zero-order valence-electron chi connectivity index (χ0n) is 16.3. The van der Waals surface area contributed by atoms with Crippen molar-refractivity contribution in [2.75, 3.05) is 20.1 Å². The van der Waals surface area contributed by atoms with Crippen molar-refractivity contribution in [1.82, 2.24) is 20.9 Å². The first-order valence-electron chi connectivity index (χ1n) is 8.79. The van der Waals surface area contributed by atoms with Crippen molar-refractivity contribution in [3.8, 4) is 0 Å². The summed E-state index contributed by atoms with van der Waals surface area (Å²) < 4.78 is 0. The molecule has 2 aromatic rings. The van der Waals surface area contributed by atoms with Gasteiger partial charge in [-0.1, -0.05) is 12.1 Å². The molecule has 0 unspecified atom stereocenters. The van der Waals surface area contributed by atoms with E-state index in [0.29, 0.717) is 12.1 Å². The highest BCUT2D eigenvalue weighted by Crippen LogP contribution is 2.16. The number of hydrogen-bond acceptors (Lipinski definition) is 4. The number of thiazole rings is 1. The minimum atomic E-state index is -0.0660. The zero-order chi connectivity index (χ0) is 18.9. The molecule has 0 saturated heterocycles. The maximum absolute atomic E-state index is 11.7. The number of aryl methyl sites for hydroxylation is 2. The number of halogens is 1. The van der Waals surface area contributed by atoms with Gasteiger partial charge in [0.05, 0.1) is 12.2 Å². The van der Waals surface area contributed by atoms with E-state index < -0.39 is 0 Å². The fourth-order valence-electron chi connectivity index (χ4n) is 2.43. The standard InChI is InChI=1S/C19H27N5OS.HI/c1-5-21-19(23-12-17-24-13(2)14(3)26-17)22-10-9-15-7-6-8-16(11-15)18(25)20-4;/h6-8,11H,5,9-10,12H2,1-4H3,(H,20,25)(H2,21,22,23);1H. The number of hydrogen-bond donors (Lipinski definition) is 3. The molecular formula is C19H28IN5OS. The first-order valence-corrected chi connectivity index (χ1v) is 9.61. The van der Waals surface area contributed by atoms with Crippen molar-refractivity contribution in [1.29, 1.82) is 0 Å². The van der Waals surface area contributed by atoms with Crippen LogP contribution in [0.1, 0.15) is 38.4 Å². The van der Waals surface area contributed by atoms with Crippen LogP contribution in [0.3, 0.4) is 0 Å². The van der Waals surface area contributed by atoms with Crippen LogP contribution in [0, 0.1) is 13.8 Å². The molecule has 1 heterocycles. The molecule has 0 fully saturated rings. The fourth-order valence-corrected chi connectivity index (χ4v) is 3.29. The summed E-state index contributed by atoms with van der Waals surface area (Å²) in [6, 6.07) is 7.68. The molecule has 0 aliphatic heterocycles. The molecule has 6 nitrogen and oxygen atoms in total. The van der Waals surface area contributed by atoms with Gasteiger partial charge in [0, 0.05) is 30.6 Å². The Balaban J connectivity index is 0.00000364. The van der Waals surface area contributed by atoms with Crippen molar-refractivity contribution in [2.24, 2.45) is 4.99 Å². The molecule has 1 aromatic heterocycles. The van der Waals surface area contributed by atoms with Gasteiger partial charge in [-0.05, 0) is 44.9 Å². The highest BCUT2D eigenvalue weighted by atomic mass is 127. The van der Waals surface area contributed by atoms with Gasteiger partial charge >= 0.3 is 0 Å². The van der Waals surface area contributed by atoms with Crippen LogP contribution in [0.15, 0.2) is 29.3 Å². The maximum atomic E-state index is 11.7. The number of nitrogens with one attached hydrogen (secondary N) is 3. The van der Waals surface area contributed by atoms with Gasteiger partial charge in [-0.3, -0.25) is 4.79 Å². The predicted molar refractivity (Wildman–Crippen MR) is 123 cm³/mol. The summed E-state index contributed by atoms with van der Waals surface area (Å²) in [5, 5.41) is 10.3. The van der Waals surface area contributed by atoms with Crippen LogP contribution in [-0.2, 0) is 13.0 Å². The van der Waals surface area contributed by atoms with Gasteiger partial charge < -0.3 is 16.0 Å². The van der Waals surface area contributed by atoms with Crippen LogP contribution < -0.4 is 16.0 Å². The third-order valence-electron chi connectivity index (χ3n) is 3.91. The number of carbonyl (C=O) groups excluding carboxylic acids is 1. The van der Waals surface area contributed by atoms with Crippen molar-refractivity contribution in [3.05, 3.63) is 51.0 Å². The number of nitrogens with zero attached hydrogens (tertiary/aromatic N) is 2. The van der Waals surface area contributed by atoms with Crippen molar-refractivity contribution >= 4 is 47.2 Å². The second-order valence-corrected chi connectivity index (χ2v) is 7.19. The monoisotopic (exact) mass is 501 g/mol. The smallest absolute Gasteiger partial charge is 0.251 e. The van der Waals surface area contributed by atoms with Crippen molar-refractivity contribution < 1.29 is 4.79 Å². The largest absolute Gasteiger partial charge is 0.357 e. The number of guanidine groups is 1. The van der Waals surface area contributed by atoms with Crippen molar-refractivity contribution in [2.45, 2.75) is 33.7 Å². The lowest BCUT2D eigenvalue weighted by Gasteiger charge is -2.11.